The van der Waals surface area contributed by atoms with E-state index in [2.05, 4.69) is 15.5 Å². The van der Waals surface area contributed by atoms with Gasteiger partial charge in [0.1, 0.15) is 5.75 Å². The predicted molar refractivity (Wildman–Crippen MR) is 86.7 cm³/mol. The summed E-state index contributed by atoms with van der Waals surface area (Å²) in [5, 5.41) is 11.5. The second-order valence-corrected chi connectivity index (χ2v) is 6.77. The number of carbonyl (C=O) groups excluding carboxylic acids is 1. The Labute approximate surface area is 132 Å². The molecule has 1 aromatic carbocycles. The van der Waals surface area contributed by atoms with E-state index in [1.54, 1.807) is 19.2 Å². The van der Waals surface area contributed by atoms with Gasteiger partial charge in [0, 0.05) is 12.6 Å². The summed E-state index contributed by atoms with van der Waals surface area (Å²) in [5.41, 5.74) is 0.678. The number of anilines is 1. The number of ketones is 1. The topological polar surface area (TPSA) is 64.1 Å². The summed E-state index contributed by atoms with van der Waals surface area (Å²) in [4.78, 5) is 12.4. The molecule has 5 nitrogen and oxygen atoms in total. The maximum absolute atomic E-state index is 12.4. The molecule has 1 aromatic heterocycles. The first-order valence-electron chi connectivity index (χ1n) is 6.59. The minimum absolute atomic E-state index is 0.0734. The third kappa shape index (κ3) is 4.18. The summed E-state index contributed by atoms with van der Waals surface area (Å²) >= 11 is 2.86. The van der Waals surface area contributed by atoms with Crippen molar-refractivity contribution in [2.24, 2.45) is 0 Å². The second-order valence-electron chi connectivity index (χ2n) is 4.20. The third-order valence-corrected chi connectivity index (χ3v) is 4.84. The average Bonchev–Trinajstić information content (AvgIpc) is 2.95. The number of rotatable bonds is 7. The summed E-state index contributed by atoms with van der Waals surface area (Å²) < 4.78 is 6.16. The van der Waals surface area contributed by atoms with Crippen LogP contribution in [0.4, 0.5) is 5.13 Å². The number of hydrogen-bond acceptors (Lipinski definition) is 7. The highest BCUT2D eigenvalue weighted by atomic mass is 32.2. The van der Waals surface area contributed by atoms with Crippen LogP contribution >= 0.6 is 23.1 Å². The van der Waals surface area contributed by atoms with E-state index in [0.717, 1.165) is 15.2 Å². The van der Waals surface area contributed by atoms with Gasteiger partial charge in [-0.3, -0.25) is 4.79 Å². The molecular formula is C14H17N3O2S2. The SMILES string of the molecule is CCOc1ccc(C(=O)[C@@H](C)Sc2nnc(NC)s2)cc1. The summed E-state index contributed by atoms with van der Waals surface area (Å²) in [6.07, 6.45) is 0. The third-order valence-electron chi connectivity index (χ3n) is 2.72. The van der Waals surface area contributed by atoms with Crippen LogP contribution in [-0.4, -0.2) is 34.9 Å². The van der Waals surface area contributed by atoms with Crippen LogP contribution in [0.2, 0.25) is 0 Å². The Morgan fingerprint density at radius 1 is 1.38 bits per heavy atom. The number of carbonyl (C=O) groups is 1. The van der Waals surface area contributed by atoms with Crippen LogP contribution < -0.4 is 10.1 Å². The molecule has 0 bridgehead atoms. The number of aromatic nitrogens is 2. The molecule has 21 heavy (non-hydrogen) atoms. The Bertz CT molecular complexity index is 599. The quantitative estimate of drug-likeness (QED) is 0.623. The Hall–Kier alpha value is -1.60. The van der Waals surface area contributed by atoms with Gasteiger partial charge < -0.3 is 10.1 Å². The fourth-order valence-corrected chi connectivity index (χ4v) is 3.61. The van der Waals surface area contributed by atoms with Crippen LogP contribution in [0, 0.1) is 0 Å². The fraction of sp³-hybridized carbons (Fsp3) is 0.357. The molecule has 2 aromatic rings. The molecule has 0 spiro atoms. The van der Waals surface area contributed by atoms with Gasteiger partial charge in [0.15, 0.2) is 10.1 Å². The van der Waals surface area contributed by atoms with Crippen LogP contribution in [0.15, 0.2) is 28.6 Å². The Kier molecular flexibility index (Phi) is 5.58. The number of Topliss-reactive ketones (excluding diaryl/α,β-unsaturated/α-hetero) is 1. The molecule has 2 rings (SSSR count). The normalized spacial score (nSPS) is 12.0. The van der Waals surface area contributed by atoms with Gasteiger partial charge in [0.2, 0.25) is 5.13 Å². The number of benzene rings is 1. The van der Waals surface area contributed by atoms with Gasteiger partial charge >= 0.3 is 0 Å². The van der Waals surface area contributed by atoms with Crippen LogP contribution in [0.25, 0.3) is 0 Å². The Morgan fingerprint density at radius 3 is 2.67 bits per heavy atom. The molecule has 0 aliphatic carbocycles. The van der Waals surface area contributed by atoms with Crippen molar-refractivity contribution in [3.05, 3.63) is 29.8 Å². The van der Waals surface area contributed by atoms with Gasteiger partial charge in [0.25, 0.3) is 0 Å². The zero-order valence-corrected chi connectivity index (χ0v) is 13.8. The number of nitrogens with zero attached hydrogens (tertiary/aromatic N) is 2. The van der Waals surface area contributed by atoms with Crippen LogP contribution in [0.3, 0.4) is 0 Å². The van der Waals surface area contributed by atoms with E-state index >= 15 is 0 Å². The molecule has 0 fully saturated rings. The van der Waals surface area contributed by atoms with Crippen molar-refractivity contribution in [1.29, 1.82) is 0 Å². The van der Waals surface area contributed by atoms with Crippen LogP contribution in [0.1, 0.15) is 24.2 Å². The highest BCUT2D eigenvalue weighted by Gasteiger charge is 2.18. The number of nitrogens with one attached hydrogen (secondary N) is 1. The lowest BCUT2D eigenvalue weighted by molar-refractivity contribution is 0.0994. The number of hydrogen-bond donors (Lipinski definition) is 1. The Balaban J connectivity index is 2.01. The monoisotopic (exact) mass is 323 g/mol. The van der Waals surface area contributed by atoms with Crippen molar-refractivity contribution in [2.45, 2.75) is 23.4 Å². The second kappa shape index (κ2) is 7.42. The van der Waals surface area contributed by atoms with Crippen molar-refractivity contribution in [3.63, 3.8) is 0 Å². The van der Waals surface area contributed by atoms with Gasteiger partial charge in [-0.15, -0.1) is 10.2 Å². The van der Waals surface area contributed by atoms with Gasteiger partial charge in [0.05, 0.1) is 11.9 Å². The van der Waals surface area contributed by atoms with Crippen LogP contribution in [0.5, 0.6) is 5.75 Å². The summed E-state index contributed by atoms with van der Waals surface area (Å²) in [5.74, 6) is 0.849. The van der Waals surface area contributed by atoms with E-state index in [1.807, 2.05) is 26.0 Å². The number of thioether (sulfide) groups is 1. The van der Waals surface area contributed by atoms with Gasteiger partial charge in [-0.25, -0.2) is 0 Å². The zero-order chi connectivity index (χ0) is 15.2. The molecule has 1 heterocycles. The van der Waals surface area contributed by atoms with Crippen molar-refractivity contribution in [2.75, 3.05) is 19.0 Å². The van der Waals surface area contributed by atoms with E-state index in [4.69, 9.17) is 4.74 Å². The minimum atomic E-state index is -0.208. The van der Waals surface area contributed by atoms with Crippen molar-refractivity contribution < 1.29 is 9.53 Å². The smallest absolute Gasteiger partial charge is 0.206 e. The van der Waals surface area contributed by atoms with E-state index in [9.17, 15) is 4.79 Å². The van der Waals surface area contributed by atoms with Crippen molar-refractivity contribution in [3.8, 4) is 5.75 Å². The molecule has 1 atom stereocenters. The molecule has 0 saturated heterocycles. The average molecular weight is 323 g/mol. The number of ether oxygens (including phenoxy) is 1. The molecule has 0 radical (unpaired) electrons. The van der Waals surface area contributed by atoms with Gasteiger partial charge in [-0.1, -0.05) is 23.1 Å². The van der Waals surface area contributed by atoms with Crippen LogP contribution in [-0.2, 0) is 0 Å². The van der Waals surface area contributed by atoms with Crippen molar-refractivity contribution in [1.82, 2.24) is 10.2 Å². The molecule has 112 valence electrons. The standard InChI is InChI=1S/C14H17N3O2S2/c1-4-19-11-7-5-10(6-8-11)12(18)9(2)20-14-17-16-13(15-3)21-14/h5-9H,4H2,1-3H3,(H,15,16)/t9-/m1/s1. The molecule has 0 aliphatic heterocycles. The van der Waals surface area contributed by atoms with E-state index < -0.39 is 0 Å². The molecular weight excluding hydrogens is 306 g/mol. The molecule has 1 N–H and O–H groups in total. The lowest BCUT2D eigenvalue weighted by atomic mass is 10.1. The molecule has 0 amide bonds. The van der Waals surface area contributed by atoms with E-state index in [-0.39, 0.29) is 11.0 Å². The molecule has 0 aliphatic rings. The lowest BCUT2D eigenvalue weighted by Crippen LogP contribution is -2.13. The van der Waals surface area contributed by atoms with E-state index in [0.29, 0.717) is 12.2 Å². The highest BCUT2D eigenvalue weighted by molar-refractivity contribution is 8.02. The first-order valence-corrected chi connectivity index (χ1v) is 8.28. The minimum Gasteiger partial charge on any atom is -0.494 e. The highest BCUT2D eigenvalue weighted by Crippen LogP contribution is 2.30. The first-order chi connectivity index (χ1) is 10.1. The maximum Gasteiger partial charge on any atom is 0.206 e. The first kappa shape index (κ1) is 15.8. The Morgan fingerprint density at radius 2 is 2.10 bits per heavy atom. The molecule has 0 saturated carbocycles. The summed E-state index contributed by atoms with van der Waals surface area (Å²) in [7, 11) is 1.80. The maximum atomic E-state index is 12.4. The fourth-order valence-electron chi connectivity index (χ4n) is 1.68. The molecule has 7 heteroatoms. The van der Waals surface area contributed by atoms with Gasteiger partial charge in [-0.05, 0) is 38.1 Å². The zero-order valence-electron chi connectivity index (χ0n) is 12.1. The summed E-state index contributed by atoms with van der Waals surface area (Å²) in [6, 6.07) is 7.23. The largest absolute Gasteiger partial charge is 0.494 e. The van der Waals surface area contributed by atoms with Gasteiger partial charge in [-0.2, -0.15) is 0 Å². The van der Waals surface area contributed by atoms with Crippen molar-refractivity contribution >= 4 is 34.0 Å². The molecule has 0 unspecified atom stereocenters. The van der Waals surface area contributed by atoms with E-state index in [1.165, 1.54) is 23.1 Å². The summed E-state index contributed by atoms with van der Waals surface area (Å²) in [6.45, 7) is 4.42. The lowest BCUT2D eigenvalue weighted by Gasteiger charge is -2.09. The predicted octanol–water partition coefficient (Wildman–Crippen LogP) is 3.34.